The molecule has 2 N–H and O–H groups in total. The summed E-state index contributed by atoms with van der Waals surface area (Å²) in [5.74, 6) is -0.995. The van der Waals surface area contributed by atoms with Gasteiger partial charge in [-0.2, -0.15) is 0 Å². The van der Waals surface area contributed by atoms with Crippen LogP contribution in [-0.4, -0.2) is 43.9 Å². The predicted octanol–water partition coefficient (Wildman–Crippen LogP) is 1.68. The average molecular weight is 346 g/mol. The van der Waals surface area contributed by atoms with E-state index in [1.165, 1.54) is 6.07 Å². The van der Waals surface area contributed by atoms with Crippen LogP contribution in [0.4, 0.5) is 0 Å². The van der Waals surface area contributed by atoms with E-state index >= 15 is 0 Å². The number of carboxylic acid groups (broad SMARTS) is 1. The summed E-state index contributed by atoms with van der Waals surface area (Å²) >= 11 is 3.13. The number of carboxylic acids is 1. The minimum Gasteiger partial charge on any atom is -0.484 e. The number of hydrogen-bond acceptors (Lipinski definition) is 4. The molecule has 0 heterocycles. The Morgan fingerprint density at radius 1 is 1.40 bits per heavy atom. The molecule has 0 aliphatic rings. The molecule has 1 amide bonds. The maximum atomic E-state index is 11.5. The fourth-order valence-electron chi connectivity index (χ4n) is 1.40. The van der Waals surface area contributed by atoms with Gasteiger partial charge in [0.15, 0.2) is 6.61 Å². The van der Waals surface area contributed by atoms with Crippen LogP contribution in [0.5, 0.6) is 5.75 Å². The van der Waals surface area contributed by atoms with Crippen molar-refractivity contribution in [1.29, 1.82) is 0 Å². The molecule has 1 rings (SSSR count). The van der Waals surface area contributed by atoms with Crippen LogP contribution in [0.1, 0.15) is 16.8 Å². The van der Waals surface area contributed by atoms with Gasteiger partial charge >= 0.3 is 5.97 Å². The van der Waals surface area contributed by atoms with E-state index in [0.29, 0.717) is 23.4 Å². The number of carbonyl (C=O) groups is 2. The first kappa shape index (κ1) is 16.5. The Kier molecular flexibility index (Phi) is 7.03. The number of methoxy groups -OCH3 is 1. The molecular weight excluding hydrogens is 330 g/mol. The fourth-order valence-corrected chi connectivity index (χ4v) is 1.82. The Bertz CT molecular complexity index is 478. The molecule has 0 atom stereocenters. The van der Waals surface area contributed by atoms with Gasteiger partial charge in [0.05, 0.1) is 5.56 Å². The van der Waals surface area contributed by atoms with Crippen molar-refractivity contribution < 1.29 is 24.2 Å². The Morgan fingerprint density at radius 3 is 2.80 bits per heavy atom. The number of amides is 1. The highest BCUT2D eigenvalue weighted by molar-refractivity contribution is 9.10. The Hall–Kier alpha value is -1.60. The molecule has 0 aliphatic heterocycles. The Labute approximate surface area is 125 Å². The van der Waals surface area contributed by atoms with E-state index in [1.54, 1.807) is 19.2 Å². The average Bonchev–Trinajstić information content (AvgIpc) is 2.42. The molecule has 0 aromatic heterocycles. The monoisotopic (exact) mass is 345 g/mol. The molecule has 0 unspecified atom stereocenters. The van der Waals surface area contributed by atoms with E-state index in [-0.39, 0.29) is 18.1 Å². The van der Waals surface area contributed by atoms with Crippen molar-refractivity contribution in [2.75, 3.05) is 26.9 Å². The first-order valence-electron chi connectivity index (χ1n) is 5.96. The topological polar surface area (TPSA) is 84.9 Å². The van der Waals surface area contributed by atoms with E-state index in [1.807, 2.05) is 0 Å². The molecule has 1 aromatic rings. The van der Waals surface area contributed by atoms with Crippen LogP contribution in [0.2, 0.25) is 0 Å². The van der Waals surface area contributed by atoms with E-state index in [2.05, 4.69) is 21.2 Å². The summed E-state index contributed by atoms with van der Waals surface area (Å²) < 4.78 is 10.6. The highest BCUT2D eigenvalue weighted by atomic mass is 79.9. The van der Waals surface area contributed by atoms with E-state index in [0.717, 1.165) is 6.42 Å². The van der Waals surface area contributed by atoms with Crippen molar-refractivity contribution in [3.05, 3.63) is 28.2 Å². The van der Waals surface area contributed by atoms with E-state index in [9.17, 15) is 9.59 Å². The van der Waals surface area contributed by atoms with Crippen LogP contribution < -0.4 is 10.1 Å². The summed E-state index contributed by atoms with van der Waals surface area (Å²) in [5.41, 5.74) is 0.0861. The van der Waals surface area contributed by atoms with Crippen molar-refractivity contribution in [1.82, 2.24) is 5.32 Å². The first-order valence-corrected chi connectivity index (χ1v) is 6.75. The molecule has 0 bridgehead atoms. The highest BCUT2D eigenvalue weighted by Gasteiger charge is 2.10. The summed E-state index contributed by atoms with van der Waals surface area (Å²) in [6, 6.07) is 4.52. The molecule has 0 spiro atoms. The zero-order valence-corrected chi connectivity index (χ0v) is 12.6. The molecule has 1 aromatic carbocycles. The Balaban J connectivity index is 2.43. The molecule has 7 heteroatoms. The van der Waals surface area contributed by atoms with Crippen LogP contribution in [0.3, 0.4) is 0 Å². The zero-order chi connectivity index (χ0) is 15.0. The standard InChI is InChI=1S/C13H16BrNO5/c1-19-6-2-5-15-12(16)8-20-9-3-4-11(14)10(7-9)13(17)18/h3-4,7H,2,5-6,8H2,1H3,(H,15,16)(H,17,18). The second-order valence-electron chi connectivity index (χ2n) is 3.93. The van der Waals surface area contributed by atoms with Crippen molar-refractivity contribution in [3.8, 4) is 5.75 Å². The van der Waals surface area contributed by atoms with Crippen molar-refractivity contribution in [2.24, 2.45) is 0 Å². The quantitative estimate of drug-likeness (QED) is 0.700. The van der Waals surface area contributed by atoms with Crippen LogP contribution in [0.25, 0.3) is 0 Å². The second kappa shape index (κ2) is 8.55. The van der Waals surface area contributed by atoms with E-state index < -0.39 is 5.97 Å². The third-order valence-corrected chi connectivity index (χ3v) is 3.08. The summed E-state index contributed by atoms with van der Waals surface area (Å²) in [6.07, 6.45) is 0.726. The molecule has 0 saturated heterocycles. The number of hydrogen-bond donors (Lipinski definition) is 2. The highest BCUT2D eigenvalue weighted by Crippen LogP contribution is 2.22. The third kappa shape index (κ3) is 5.58. The fraction of sp³-hybridized carbons (Fsp3) is 0.385. The zero-order valence-electron chi connectivity index (χ0n) is 11.0. The number of carbonyl (C=O) groups excluding carboxylic acids is 1. The van der Waals surface area contributed by atoms with Gasteiger partial charge < -0.3 is 19.9 Å². The number of rotatable bonds is 8. The normalized spacial score (nSPS) is 10.1. The van der Waals surface area contributed by atoms with Gasteiger partial charge in [-0.25, -0.2) is 4.79 Å². The van der Waals surface area contributed by atoms with Crippen molar-refractivity contribution in [3.63, 3.8) is 0 Å². The van der Waals surface area contributed by atoms with Gasteiger partial charge in [0, 0.05) is 24.7 Å². The summed E-state index contributed by atoms with van der Waals surface area (Å²) in [6.45, 7) is 0.931. The van der Waals surface area contributed by atoms with Gasteiger partial charge in [-0.3, -0.25) is 4.79 Å². The van der Waals surface area contributed by atoms with Gasteiger partial charge in [-0.15, -0.1) is 0 Å². The lowest BCUT2D eigenvalue weighted by atomic mass is 10.2. The summed E-state index contributed by atoms with van der Waals surface area (Å²) in [4.78, 5) is 22.4. The molecule has 20 heavy (non-hydrogen) atoms. The minimum atomic E-state index is -1.06. The first-order chi connectivity index (χ1) is 9.54. The minimum absolute atomic E-state index is 0.0861. The molecular formula is C13H16BrNO5. The van der Waals surface area contributed by atoms with Gasteiger partial charge in [0.25, 0.3) is 5.91 Å². The van der Waals surface area contributed by atoms with Crippen molar-refractivity contribution >= 4 is 27.8 Å². The van der Waals surface area contributed by atoms with Gasteiger partial charge in [0.1, 0.15) is 5.75 Å². The molecule has 0 fully saturated rings. The smallest absolute Gasteiger partial charge is 0.336 e. The lowest BCUT2D eigenvalue weighted by molar-refractivity contribution is -0.123. The predicted molar refractivity (Wildman–Crippen MR) is 76.1 cm³/mol. The van der Waals surface area contributed by atoms with Crippen LogP contribution in [0.15, 0.2) is 22.7 Å². The Morgan fingerprint density at radius 2 is 2.15 bits per heavy atom. The molecule has 0 aliphatic carbocycles. The number of benzene rings is 1. The van der Waals surface area contributed by atoms with Gasteiger partial charge in [-0.1, -0.05) is 0 Å². The lowest BCUT2D eigenvalue weighted by Crippen LogP contribution is -2.30. The second-order valence-corrected chi connectivity index (χ2v) is 4.79. The van der Waals surface area contributed by atoms with Crippen LogP contribution in [0, 0.1) is 0 Å². The third-order valence-electron chi connectivity index (χ3n) is 2.39. The van der Waals surface area contributed by atoms with Crippen molar-refractivity contribution in [2.45, 2.75) is 6.42 Å². The summed E-state index contributed by atoms with van der Waals surface area (Å²) in [7, 11) is 1.60. The van der Waals surface area contributed by atoms with Gasteiger partial charge in [-0.05, 0) is 40.5 Å². The number of ether oxygens (including phenoxy) is 2. The molecule has 0 radical (unpaired) electrons. The molecule has 6 nitrogen and oxygen atoms in total. The maximum Gasteiger partial charge on any atom is 0.336 e. The van der Waals surface area contributed by atoms with Gasteiger partial charge in [0.2, 0.25) is 0 Å². The summed E-state index contributed by atoms with van der Waals surface area (Å²) in [5, 5.41) is 11.6. The van der Waals surface area contributed by atoms with E-state index in [4.69, 9.17) is 14.6 Å². The number of halogens is 1. The molecule has 110 valence electrons. The number of aromatic carboxylic acids is 1. The largest absolute Gasteiger partial charge is 0.484 e. The lowest BCUT2D eigenvalue weighted by Gasteiger charge is -2.08. The SMILES string of the molecule is COCCCNC(=O)COc1ccc(Br)c(C(=O)O)c1. The molecule has 0 saturated carbocycles. The van der Waals surface area contributed by atoms with Crippen LogP contribution in [-0.2, 0) is 9.53 Å². The van der Waals surface area contributed by atoms with Crippen LogP contribution >= 0.6 is 15.9 Å². The maximum absolute atomic E-state index is 11.5. The number of nitrogens with one attached hydrogen (secondary N) is 1.